The van der Waals surface area contributed by atoms with Gasteiger partial charge in [-0.1, -0.05) is 24.3 Å². The molecule has 0 unspecified atom stereocenters. The van der Waals surface area contributed by atoms with E-state index in [1.807, 2.05) is 18.2 Å². The number of para-hydroxylation sites is 2. The predicted molar refractivity (Wildman–Crippen MR) is 106 cm³/mol. The number of nitrogens with one attached hydrogen (secondary N) is 2. The Kier molecular flexibility index (Phi) is 4.80. The van der Waals surface area contributed by atoms with Crippen molar-refractivity contribution in [1.29, 1.82) is 0 Å². The number of ether oxygens (including phenoxy) is 1. The van der Waals surface area contributed by atoms with E-state index < -0.39 is 10.0 Å². The van der Waals surface area contributed by atoms with Crippen LogP contribution in [0.15, 0.2) is 65.7 Å². The van der Waals surface area contributed by atoms with Crippen molar-refractivity contribution in [3.05, 3.63) is 66.6 Å². The standard InChI is InChI=1S/C18H15N5O3S2/c1-12-20-18(27-22-12)23-28(24,25)16-9-5-8-14(15-10-11-19-21-15)17(16)26-13-6-3-2-4-7-13/h2-11H,1H3,(H,19,21)(H,20,22,23). The first-order valence-corrected chi connectivity index (χ1v) is 10.5. The van der Waals surface area contributed by atoms with Crippen LogP contribution in [0.3, 0.4) is 0 Å². The highest BCUT2D eigenvalue weighted by atomic mass is 32.2. The number of hydrogen-bond donors (Lipinski definition) is 2. The van der Waals surface area contributed by atoms with Crippen molar-refractivity contribution in [1.82, 2.24) is 19.6 Å². The van der Waals surface area contributed by atoms with Crippen LogP contribution in [0.5, 0.6) is 11.5 Å². The van der Waals surface area contributed by atoms with Crippen LogP contribution in [-0.4, -0.2) is 28.0 Å². The van der Waals surface area contributed by atoms with Crippen LogP contribution in [0.25, 0.3) is 11.3 Å². The highest BCUT2D eigenvalue weighted by Gasteiger charge is 2.25. The smallest absolute Gasteiger partial charge is 0.267 e. The van der Waals surface area contributed by atoms with Crippen LogP contribution in [0.4, 0.5) is 5.13 Å². The average Bonchev–Trinajstić information content (AvgIpc) is 3.34. The molecule has 142 valence electrons. The Labute approximate surface area is 165 Å². The van der Waals surface area contributed by atoms with Gasteiger partial charge >= 0.3 is 0 Å². The monoisotopic (exact) mass is 413 g/mol. The summed E-state index contributed by atoms with van der Waals surface area (Å²) in [6.45, 7) is 1.69. The van der Waals surface area contributed by atoms with Gasteiger partial charge in [0.05, 0.1) is 5.69 Å². The van der Waals surface area contributed by atoms with Gasteiger partial charge in [-0.2, -0.15) is 9.47 Å². The Morgan fingerprint density at radius 2 is 1.89 bits per heavy atom. The lowest BCUT2D eigenvalue weighted by atomic mass is 10.1. The third kappa shape index (κ3) is 3.73. The minimum atomic E-state index is -3.97. The summed E-state index contributed by atoms with van der Waals surface area (Å²) in [5, 5.41) is 6.98. The van der Waals surface area contributed by atoms with Gasteiger partial charge < -0.3 is 4.74 Å². The lowest BCUT2D eigenvalue weighted by Crippen LogP contribution is -2.14. The third-order valence-corrected chi connectivity index (χ3v) is 5.99. The number of sulfonamides is 1. The lowest BCUT2D eigenvalue weighted by molar-refractivity contribution is 0.469. The van der Waals surface area contributed by atoms with E-state index in [-0.39, 0.29) is 15.8 Å². The molecule has 4 aromatic rings. The fourth-order valence-corrected chi connectivity index (χ4v) is 4.51. The van der Waals surface area contributed by atoms with Crippen molar-refractivity contribution in [3.63, 3.8) is 0 Å². The molecule has 2 aromatic carbocycles. The van der Waals surface area contributed by atoms with E-state index in [1.54, 1.807) is 43.5 Å². The molecule has 0 aliphatic rings. The summed E-state index contributed by atoms with van der Waals surface area (Å²) in [4.78, 5) is 4.05. The molecule has 0 fully saturated rings. The van der Waals surface area contributed by atoms with Gasteiger partial charge in [-0.25, -0.2) is 13.4 Å². The molecule has 10 heteroatoms. The van der Waals surface area contributed by atoms with E-state index >= 15 is 0 Å². The third-order valence-electron chi connectivity index (χ3n) is 3.77. The molecule has 0 atom stereocenters. The Bertz CT molecular complexity index is 1190. The summed E-state index contributed by atoms with van der Waals surface area (Å²) in [5.41, 5.74) is 1.20. The summed E-state index contributed by atoms with van der Waals surface area (Å²) in [6.07, 6.45) is 1.59. The molecule has 0 aliphatic carbocycles. The fourth-order valence-electron chi connectivity index (χ4n) is 2.57. The lowest BCUT2D eigenvalue weighted by Gasteiger charge is -2.15. The molecule has 0 aliphatic heterocycles. The highest BCUT2D eigenvalue weighted by molar-refractivity contribution is 7.93. The zero-order chi connectivity index (χ0) is 19.6. The van der Waals surface area contributed by atoms with Crippen LogP contribution in [0.1, 0.15) is 5.82 Å². The van der Waals surface area contributed by atoms with Crippen molar-refractivity contribution in [2.24, 2.45) is 0 Å². The van der Waals surface area contributed by atoms with E-state index in [2.05, 4.69) is 24.3 Å². The van der Waals surface area contributed by atoms with Crippen molar-refractivity contribution >= 4 is 26.7 Å². The molecule has 28 heavy (non-hydrogen) atoms. The summed E-state index contributed by atoms with van der Waals surface area (Å²) < 4.78 is 38.6. The van der Waals surface area contributed by atoms with Crippen molar-refractivity contribution in [2.45, 2.75) is 11.8 Å². The topological polar surface area (TPSA) is 110 Å². The zero-order valence-electron chi connectivity index (χ0n) is 14.7. The maximum Gasteiger partial charge on any atom is 0.267 e. The second kappa shape index (κ2) is 7.41. The number of nitrogens with zero attached hydrogens (tertiary/aromatic N) is 3. The van der Waals surface area contributed by atoms with E-state index in [9.17, 15) is 8.42 Å². The van der Waals surface area contributed by atoms with E-state index in [1.165, 1.54) is 6.07 Å². The van der Waals surface area contributed by atoms with Gasteiger partial charge in [0.1, 0.15) is 16.5 Å². The Hall–Kier alpha value is -3.24. The number of rotatable bonds is 6. The van der Waals surface area contributed by atoms with Crippen molar-refractivity contribution < 1.29 is 13.2 Å². The van der Waals surface area contributed by atoms with E-state index in [0.717, 1.165) is 11.5 Å². The largest absolute Gasteiger partial charge is 0.455 e. The second-order valence-corrected chi connectivity index (χ2v) is 8.17. The number of aromatic amines is 1. The van der Waals surface area contributed by atoms with E-state index in [0.29, 0.717) is 22.8 Å². The summed E-state index contributed by atoms with van der Waals surface area (Å²) >= 11 is 0.974. The predicted octanol–water partition coefficient (Wildman–Crippen LogP) is 3.83. The number of hydrogen-bond acceptors (Lipinski definition) is 7. The number of benzene rings is 2. The molecule has 0 bridgehead atoms. The molecule has 0 spiro atoms. The van der Waals surface area contributed by atoms with Gasteiger partial charge in [-0.15, -0.1) is 0 Å². The molecule has 2 aromatic heterocycles. The molecule has 0 saturated carbocycles. The van der Waals surface area contributed by atoms with Gasteiger partial charge in [0.15, 0.2) is 5.75 Å². The van der Waals surface area contributed by atoms with Gasteiger partial charge in [0.2, 0.25) is 5.13 Å². The van der Waals surface area contributed by atoms with Gasteiger partial charge in [-0.3, -0.25) is 9.82 Å². The van der Waals surface area contributed by atoms with Crippen molar-refractivity contribution in [3.8, 4) is 22.8 Å². The quantitative estimate of drug-likeness (QED) is 0.497. The molecule has 8 nitrogen and oxygen atoms in total. The molecule has 0 amide bonds. The minimum Gasteiger partial charge on any atom is -0.455 e. The summed E-state index contributed by atoms with van der Waals surface area (Å²) in [6, 6.07) is 15.6. The molecule has 2 heterocycles. The number of aromatic nitrogens is 4. The normalized spacial score (nSPS) is 11.3. The maximum absolute atomic E-state index is 13.1. The van der Waals surface area contributed by atoms with Crippen LogP contribution >= 0.6 is 11.5 Å². The number of H-pyrrole nitrogens is 1. The van der Waals surface area contributed by atoms with Crippen molar-refractivity contribution in [2.75, 3.05) is 4.72 Å². The first-order valence-electron chi connectivity index (χ1n) is 8.22. The fraction of sp³-hybridized carbons (Fsp3) is 0.0556. The second-order valence-electron chi connectivity index (χ2n) is 5.77. The molecule has 4 rings (SSSR count). The minimum absolute atomic E-state index is 0.0173. The van der Waals surface area contributed by atoms with Crippen LogP contribution in [0.2, 0.25) is 0 Å². The molecule has 0 saturated heterocycles. The first-order chi connectivity index (χ1) is 13.5. The molecule has 0 radical (unpaired) electrons. The van der Waals surface area contributed by atoms with E-state index in [4.69, 9.17) is 4.74 Å². The average molecular weight is 413 g/mol. The molecule has 2 N–H and O–H groups in total. The van der Waals surface area contributed by atoms with Gasteiger partial charge in [-0.05, 0) is 37.3 Å². The SMILES string of the molecule is Cc1nsc(NS(=O)(=O)c2cccc(-c3ccn[nH]3)c2Oc2ccccc2)n1. The molecular formula is C18H15N5O3S2. The Morgan fingerprint density at radius 1 is 1.07 bits per heavy atom. The summed E-state index contributed by atoms with van der Waals surface area (Å²) in [5.74, 6) is 1.19. The summed E-state index contributed by atoms with van der Waals surface area (Å²) in [7, 11) is -3.97. The van der Waals surface area contributed by atoms with Crippen LogP contribution in [-0.2, 0) is 10.0 Å². The Balaban J connectivity index is 1.83. The van der Waals surface area contributed by atoms with Crippen LogP contribution < -0.4 is 9.46 Å². The highest BCUT2D eigenvalue weighted by Crippen LogP contribution is 2.38. The number of aryl methyl sites for hydroxylation is 1. The maximum atomic E-state index is 13.1. The van der Waals surface area contributed by atoms with Gasteiger partial charge in [0, 0.05) is 23.3 Å². The zero-order valence-corrected chi connectivity index (χ0v) is 16.3. The van der Waals surface area contributed by atoms with Crippen LogP contribution in [0, 0.1) is 6.92 Å². The first kappa shape index (κ1) is 18.1. The molecular weight excluding hydrogens is 398 g/mol. The Morgan fingerprint density at radius 3 is 2.57 bits per heavy atom. The van der Waals surface area contributed by atoms with Gasteiger partial charge in [0.25, 0.3) is 10.0 Å². The number of anilines is 1.